The molecule has 90 valence electrons. The molecule has 0 saturated heterocycles. The minimum Gasteiger partial charge on any atom is -0.396 e. The van der Waals surface area contributed by atoms with Crippen molar-refractivity contribution in [3.8, 4) is 0 Å². The molecule has 0 aliphatic rings. The molecule has 0 saturated carbocycles. The molecule has 0 radical (unpaired) electrons. The highest BCUT2D eigenvalue weighted by Gasteiger charge is 2.06. The van der Waals surface area contributed by atoms with Gasteiger partial charge in [-0.1, -0.05) is 5.16 Å². The van der Waals surface area contributed by atoms with Crippen LogP contribution in [0.2, 0.25) is 0 Å². The first-order chi connectivity index (χ1) is 7.72. The summed E-state index contributed by atoms with van der Waals surface area (Å²) in [5, 5.41) is 14.9. The molecule has 0 bridgehead atoms. The minimum atomic E-state index is -0.0335. The Morgan fingerprint density at radius 3 is 2.94 bits per heavy atom. The van der Waals surface area contributed by atoms with Gasteiger partial charge in [0, 0.05) is 26.0 Å². The Labute approximate surface area is 94.0 Å². The first-order valence-electron chi connectivity index (χ1n) is 5.39. The number of amides is 1. The van der Waals surface area contributed by atoms with Crippen molar-refractivity contribution in [3.63, 3.8) is 0 Å². The molecule has 2 N–H and O–H groups in total. The maximum Gasteiger partial charge on any atom is 0.227 e. The summed E-state index contributed by atoms with van der Waals surface area (Å²) in [6.07, 6.45) is 2.32. The SMILES string of the molecule is Cc1noc(CCC(=O)NCCCCO)n1. The minimum absolute atomic E-state index is 0.0335. The molecule has 0 unspecified atom stereocenters. The van der Waals surface area contributed by atoms with Crippen molar-refractivity contribution in [1.82, 2.24) is 15.5 Å². The van der Waals surface area contributed by atoms with Gasteiger partial charge in [0.2, 0.25) is 11.8 Å². The highest BCUT2D eigenvalue weighted by atomic mass is 16.5. The normalized spacial score (nSPS) is 10.4. The van der Waals surface area contributed by atoms with Crippen molar-refractivity contribution in [2.24, 2.45) is 0 Å². The van der Waals surface area contributed by atoms with Gasteiger partial charge in [-0.2, -0.15) is 4.98 Å². The second kappa shape index (κ2) is 6.95. The molecule has 0 fully saturated rings. The van der Waals surface area contributed by atoms with E-state index in [-0.39, 0.29) is 12.5 Å². The zero-order chi connectivity index (χ0) is 11.8. The van der Waals surface area contributed by atoms with Crippen molar-refractivity contribution in [2.75, 3.05) is 13.2 Å². The summed E-state index contributed by atoms with van der Waals surface area (Å²) in [6, 6.07) is 0. The number of aliphatic hydroxyl groups excluding tert-OH is 1. The van der Waals surface area contributed by atoms with E-state index in [2.05, 4.69) is 15.5 Å². The molecule has 1 rings (SSSR count). The fourth-order valence-corrected chi connectivity index (χ4v) is 1.22. The standard InChI is InChI=1S/C10H17N3O3/c1-8-12-10(16-13-8)5-4-9(15)11-6-2-3-7-14/h14H,2-7H2,1H3,(H,11,15). The fraction of sp³-hybridized carbons (Fsp3) is 0.700. The zero-order valence-corrected chi connectivity index (χ0v) is 9.40. The average molecular weight is 227 g/mol. The lowest BCUT2D eigenvalue weighted by Crippen LogP contribution is -2.24. The number of hydrogen-bond acceptors (Lipinski definition) is 5. The first-order valence-corrected chi connectivity index (χ1v) is 5.39. The van der Waals surface area contributed by atoms with Gasteiger partial charge < -0.3 is 14.9 Å². The summed E-state index contributed by atoms with van der Waals surface area (Å²) in [7, 11) is 0. The van der Waals surface area contributed by atoms with Crippen LogP contribution in [0.4, 0.5) is 0 Å². The Morgan fingerprint density at radius 2 is 2.31 bits per heavy atom. The smallest absolute Gasteiger partial charge is 0.227 e. The number of unbranched alkanes of at least 4 members (excludes halogenated alkanes) is 1. The predicted octanol–water partition coefficient (Wildman–Crippen LogP) is 0.199. The lowest BCUT2D eigenvalue weighted by atomic mass is 10.2. The van der Waals surface area contributed by atoms with E-state index in [1.165, 1.54) is 0 Å². The number of aromatic nitrogens is 2. The Morgan fingerprint density at radius 1 is 1.50 bits per heavy atom. The zero-order valence-electron chi connectivity index (χ0n) is 9.40. The fourth-order valence-electron chi connectivity index (χ4n) is 1.22. The third-order valence-corrected chi connectivity index (χ3v) is 2.04. The summed E-state index contributed by atoms with van der Waals surface area (Å²) < 4.78 is 4.88. The van der Waals surface area contributed by atoms with Crippen LogP contribution in [0, 0.1) is 6.92 Å². The van der Waals surface area contributed by atoms with Crippen molar-refractivity contribution in [2.45, 2.75) is 32.6 Å². The molecule has 1 amide bonds. The highest BCUT2D eigenvalue weighted by Crippen LogP contribution is 1.99. The van der Waals surface area contributed by atoms with Crippen LogP contribution in [-0.4, -0.2) is 34.3 Å². The number of aliphatic hydroxyl groups is 1. The Kier molecular flexibility index (Phi) is 5.49. The molecule has 0 atom stereocenters. The molecule has 16 heavy (non-hydrogen) atoms. The monoisotopic (exact) mass is 227 g/mol. The van der Waals surface area contributed by atoms with E-state index in [0.717, 1.165) is 6.42 Å². The number of nitrogens with one attached hydrogen (secondary N) is 1. The van der Waals surface area contributed by atoms with Crippen LogP contribution < -0.4 is 5.32 Å². The number of hydrogen-bond donors (Lipinski definition) is 2. The van der Waals surface area contributed by atoms with E-state index in [1.54, 1.807) is 6.92 Å². The van der Waals surface area contributed by atoms with Crippen molar-refractivity contribution >= 4 is 5.91 Å². The molecular formula is C10H17N3O3. The van der Waals surface area contributed by atoms with Crippen LogP contribution in [0.15, 0.2) is 4.52 Å². The van der Waals surface area contributed by atoms with Gasteiger partial charge in [-0.05, 0) is 19.8 Å². The first kappa shape index (κ1) is 12.6. The van der Waals surface area contributed by atoms with Gasteiger partial charge in [-0.25, -0.2) is 0 Å². The molecule has 1 aromatic heterocycles. The maximum atomic E-state index is 11.3. The van der Waals surface area contributed by atoms with Gasteiger partial charge in [-0.15, -0.1) is 0 Å². The van der Waals surface area contributed by atoms with Crippen molar-refractivity contribution < 1.29 is 14.4 Å². The Hall–Kier alpha value is -1.43. The molecule has 1 heterocycles. The quantitative estimate of drug-likeness (QED) is 0.649. The molecule has 0 spiro atoms. The van der Waals surface area contributed by atoms with E-state index < -0.39 is 0 Å². The molecule has 0 aliphatic heterocycles. The van der Waals surface area contributed by atoms with Crippen LogP contribution in [0.3, 0.4) is 0 Å². The van der Waals surface area contributed by atoms with Gasteiger partial charge in [0.05, 0.1) is 0 Å². The van der Waals surface area contributed by atoms with Crippen LogP contribution in [0.25, 0.3) is 0 Å². The molecule has 0 aliphatic carbocycles. The van der Waals surface area contributed by atoms with Crippen LogP contribution in [-0.2, 0) is 11.2 Å². The number of nitrogens with zero attached hydrogens (tertiary/aromatic N) is 2. The third-order valence-electron chi connectivity index (χ3n) is 2.04. The topological polar surface area (TPSA) is 88.2 Å². The highest BCUT2D eigenvalue weighted by molar-refractivity contribution is 5.75. The van der Waals surface area contributed by atoms with Gasteiger partial charge in [0.15, 0.2) is 5.82 Å². The number of rotatable bonds is 7. The van der Waals surface area contributed by atoms with Gasteiger partial charge in [0.1, 0.15) is 0 Å². The lowest BCUT2D eigenvalue weighted by Gasteiger charge is -2.02. The van der Waals surface area contributed by atoms with E-state index in [1.807, 2.05) is 0 Å². The second-order valence-electron chi connectivity index (χ2n) is 3.52. The van der Waals surface area contributed by atoms with Gasteiger partial charge in [0.25, 0.3) is 0 Å². The van der Waals surface area contributed by atoms with Crippen LogP contribution >= 0.6 is 0 Å². The summed E-state index contributed by atoms with van der Waals surface area (Å²) in [5.74, 6) is 1.04. The number of carbonyl (C=O) groups is 1. The number of aryl methyl sites for hydroxylation is 2. The molecule has 1 aromatic rings. The van der Waals surface area contributed by atoms with Gasteiger partial charge in [-0.3, -0.25) is 4.79 Å². The van der Waals surface area contributed by atoms with E-state index in [4.69, 9.17) is 9.63 Å². The predicted molar refractivity (Wildman–Crippen MR) is 56.7 cm³/mol. The second-order valence-corrected chi connectivity index (χ2v) is 3.52. The number of carbonyl (C=O) groups excluding carboxylic acids is 1. The van der Waals surface area contributed by atoms with E-state index >= 15 is 0 Å². The summed E-state index contributed by atoms with van der Waals surface area (Å²) >= 11 is 0. The largest absolute Gasteiger partial charge is 0.396 e. The summed E-state index contributed by atoms with van der Waals surface area (Å²) in [6.45, 7) is 2.50. The average Bonchev–Trinajstić information content (AvgIpc) is 2.68. The Bertz CT molecular complexity index is 325. The van der Waals surface area contributed by atoms with Gasteiger partial charge >= 0.3 is 0 Å². The molecule has 0 aromatic carbocycles. The van der Waals surface area contributed by atoms with Crippen LogP contribution in [0.1, 0.15) is 31.0 Å². The Balaban J connectivity index is 2.10. The lowest BCUT2D eigenvalue weighted by molar-refractivity contribution is -0.121. The van der Waals surface area contributed by atoms with E-state index in [9.17, 15) is 4.79 Å². The van der Waals surface area contributed by atoms with Crippen LogP contribution in [0.5, 0.6) is 0 Å². The summed E-state index contributed by atoms with van der Waals surface area (Å²) in [4.78, 5) is 15.3. The maximum absolute atomic E-state index is 11.3. The van der Waals surface area contributed by atoms with Crippen molar-refractivity contribution in [1.29, 1.82) is 0 Å². The third kappa shape index (κ3) is 4.88. The molecule has 6 nitrogen and oxygen atoms in total. The summed E-state index contributed by atoms with van der Waals surface area (Å²) in [5.41, 5.74) is 0. The molecular weight excluding hydrogens is 210 g/mol. The molecule has 6 heteroatoms. The van der Waals surface area contributed by atoms with Crippen molar-refractivity contribution in [3.05, 3.63) is 11.7 Å². The van der Waals surface area contributed by atoms with E-state index in [0.29, 0.717) is 37.5 Å².